The third-order valence-electron chi connectivity index (χ3n) is 3.86. The van der Waals surface area contributed by atoms with E-state index >= 15 is 0 Å². The highest BCUT2D eigenvalue weighted by Gasteiger charge is 2.29. The lowest BCUT2D eigenvalue weighted by Crippen LogP contribution is -2.42. The van der Waals surface area contributed by atoms with Gasteiger partial charge < -0.3 is 5.32 Å². The van der Waals surface area contributed by atoms with Gasteiger partial charge in [-0.25, -0.2) is 9.78 Å². The summed E-state index contributed by atoms with van der Waals surface area (Å²) in [6.07, 6.45) is 0.104. The standard InChI is InChI=1S/C17H17N5O4S/c1-9-13(27-16(18-9)10-5-3-2-4-6-10)15(25)22-21-12(23)8-7-11-14(24)20-17(26)19-11/h2-6,11H,7-8H2,1H3,(H,21,23)(H,22,25)(H2,19,20,24,26)/t11-/m1/s1. The molecule has 1 atom stereocenters. The van der Waals surface area contributed by atoms with Crippen molar-refractivity contribution in [3.05, 3.63) is 40.9 Å². The number of hydrogen-bond donors (Lipinski definition) is 4. The van der Waals surface area contributed by atoms with Crippen LogP contribution >= 0.6 is 11.3 Å². The topological polar surface area (TPSA) is 129 Å². The maximum Gasteiger partial charge on any atom is 0.322 e. The summed E-state index contributed by atoms with van der Waals surface area (Å²) in [4.78, 5) is 51.4. The molecular formula is C17H17N5O4S. The number of aryl methyl sites for hydroxylation is 1. The van der Waals surface area contributed by atoms with E-state index in [9.17, 15) is 19.2 Å². The van der Waals surface area contributed by atoms with E-state index in [1.165, 1.54) is 11.3 Å². The van der Waals surface area contributed by atoms with E-state index in [0.717, 1.165) is 5.56 Å². The van der Waals surface area contributed by atoms with Crippen LogP contribution in [0.1, 0.15) is 28.2 Å². The summed E-state index contributed by atoms with van der Waals surface area (Å²) in [5.74, 6) is -1.40. The van der Waals surface area contributed by atoms with Crippen molar-refractivity contribution in [1.29, 1.82) is 0 Å². The zero-order valence-corrected chi connectivity index (χ0v) is 15.2. The van der Waals surface area contributed by atoms with E-state index in [1.807, 2.05) is 30.3 Å². The second-order valence-corrected chi connectivity index (χ2v) is 6.85. The van der Waals surface area contributed by atoms with Crippen molar-refractivity contribution in [1.82, 2.24) is 26.5 Å². The number of hydrogen-bond acceptors (Lipinski definition) is 6. The first-order chi connectivity index (χ1) is 12.9. The summed E-state index contributed by atoms with van der Waals surface area (Å²) in [5, 5.41) is 5.21. The van der Waals surface area contributed by atoms with Gasteiger partial charge in [-0.15, -0.1) is 11.3 Å². The molecule has 0 aliphatic carbocycles. The Morgan fingerprint density at radius 2 is 1.93 bits per heavy atom. The second kappa shape index (κ2) is 7.96. The number of nitrogens with zero attached hydrogens (tertiary/aromatic N) is 1. The van der Waals surface area contributed by atoms with E-state index in [1.54, 1.807) is 6.92 Å². The lowest BCUT2D eigenvalue weighted by atomic mass is 10.1. The molecule has 1 aromatic heterocycles. The monoisotopic (exact) mass is 387 g/mol. The van der Waals surface area contributed by atoms with Gasteiger partial charge in [0, 0.05) is 12.0 Å². The van der Waals surface area contributed by atoms with Crippen LogP contribution in [0.3, 0.4) is 0 Å². The molecule has 1 aliphatic heterocycles. The quantitative estimate of drug-likeness (QED) is 0.447. The average Bonchev–Trinajstić information content (AvgIpc) is 3.20. The van der Waals surface area contributed by atoms with Gasteiger partial charge >= 0.3 is 6.03 Å². The fourth-order valence-corrected chi connectivity index (χ4v) is 3.46. The molecule has 1 fully saturated rings. The fourth-order valence-electron chi connectivity index (χ4n) is 2.49. The smallest absolute Gasteiger partial charge is 0.322 e. The number of rotatable bonds is 5. The van der Waals surface area contributed by atoms with Gasteiger partial charge in [0.25, 0.3) is 11.8 Å². The van der Waals surface area contributed by atoms with Gasteiger partial charge in [0.2, 0.25) is 5.91 Å². The highest BCUT2D eigenvalue weighted by molar-refractivity contribution is 7.17. The van der Waals surface area contributed by atoms with Gasteiger partial charge in [-0.05, 0) is 13.3 Å². The first-order valence-corrected chi connectivity index (χ1v) is 8.99. The van der Waals surface area contributed by atoms with Gasteiger partial charge in [0.1, 0.15) is 15.9 Å². The molecule has 2 aromatic rings. The molecule has 140 valence electrons. The molecule has 1 aliphatic rings. The molecule has 2 heterocycles. The zero-order chi connectivity index (χ0) is 19.4. The Kier molecular flexibility index (Phi) is 5.46. The summed E-state index contributed by atoms with van der Waals surface area (Å²) in [5.41, 5.74) is 6.12. The van der Waals surface area contributed by atoms with E-state index in [0.29, 0.717) is 15.6 Å². The maximum absolute atomic E-state index is 12.3. The Labute approximate surface area is 158 Å². The molecule has 0 bridgehead atoms. The number of carbonyl (C=O) groups is 4. The Hall–Kier alpha value is -3.27. The third-order valence-corrected chi connectivity index (χ3v) is 5.06. The number of thiazole rings is 1. The molecule has 1 aromatic carbocycles. The number of carbonyl (C=O) groups excluding carboxylic acids is 4. The van der Waals surface area contributed by atoms with Crippen LogP contribution in [0.4, 0.5) is 4.79 Å². The van der Waals surface area contributed by atoms with Crippen LogP contribution in [-0.2, 0) is 9.59 Å². The minimum Gasteiger partial charge on any atom is -0.326 e. The van der Waals surface area contributed by atoms with Crippen LogP contribution in [-0.4, -0.2) is 34.8 Å². The molecule has 5 amide bonds. The number of benzene rings is 1. The Morgan fingerprint density at radius 1 is 1.19 bits per heavy atom. The van der Waals surface area contributed by atoms with Gasteiger partial charge in [0.15, 0.2) is 0 Å². The first kappa shape index (κ1) is 18.5. The van der Waals surface area contributed by atoms with Crippen LogP contribution in [0.25, 0.3) is 10.6 Å². The van der Waals surface area contributed by atoms with Crippen LogP contribution in [0, 0.1) is 6.92 Å². The van der Waals surface area contributed by atoms with E-state index in [2.05, 4.69) is 26.5 Å². The van der Waals surface area contributed by atoms with E-state index < -0.39 is 29.8 Å². The first-order valence-electron chi connectivity index (χ1n) is 8.17. The maximum atomic E-state index is 12.3. The highest BCUT2D eigenvalue weighted by Crippen LogP contribution is 2.27. The predicted octanol–water partition coefficient (Wildman–Crippen LogP) is 0.868. The van der Waals surface area contributed by atoms with Crippen molar-refractivity contribution in [3.8, 4) is 10.6 Å². The van der Waals surface area contributed by atoms with Crippen LogP contribution in [0.5, 0.6) is 0 Å². The fraction of sp³-hybridized carbons (Fsp3) is 0.235. The zero-order valence-electron chi connectivity index (χ0n) is 14.4. The van der Waals surface area contributed by atoms with Crippen molar-refractivity contribution < 1.29 is 19.2 Å². The molecule has 0 saturated carbocycles. The van der Waals surface area contributed by atoms with E-state index in [4.69, 9.17) is 0 Å². The van der Waals surface area contributed by atoms with E-state index in [-0.39, 0.29) is 12.8 Å². The summed E-state index contributed by atoms with van der Waals surface area (Å²) < 4.78 is 0. The summed E-state index contributed by atoms with van der Waals surface area (Å²) in [7, 11) is 0. The molecule has 9 nitrogen and oxygen atoms in total. The Balaban J connectivity index is 1.52. The molecule has 3 rings (SSSR count). The Bertz CT molecular complexity index is 896. The number of amides is 5. The van der Waals surface area contributed by atoms with Crippen molar-refractivity contribution >= 4 is 35.1 Å². The average molecular weight is 387 g/mol. The normalized spacial score (nSPS) is 15.8. The van der Waals surface area contributed by atoms with Gasteiger partial charge in [-0.1, -0.05) is 30.3 Å². The van der Waals surface area contributed by atoms with Crippen LogP contribution in [0.15, 0.2) is 30.3 Å². The molecule has 0 radical (unpaired) electrons. The number of aromatic nitrogens is 1. The SMILES string of the molecule is Cc1nc(-c2ccccc2)sc1C(=O)NNC(=O)CC[C@H]1NC(=O)NC1=O. The third kappa shape index (κ3) is 4.47. The largest absolute Gasteiger partial charge is 0.326 e. The van der Waals surface area contributed by atoms with Crippen molar-refractivity contribution in [2.24, 2.45) is 0 Å². The highest BCUT2D eigenvalue weighted by atomic mass is 32.1. The number of urea groups is 1. The van der Waals surface area contributed by atoms with Gasteiger partial charge in [-0.3, -0.25) is 30.6 Å². The van der Waals surface area contributed by atoms with Gasteiger partial charge in [0.05, 0.1) is 5.69 Å². The Morgan fingerprint density at radius 3 is 2.59 bits per heavy atom. The number of imide groups is 1. The summed E-state index contributed by atoms with van der Waals surface area (Å²) in [6.45, 7) is 1.72. The van der Waals surface area contributed by atoms with Crippen molar-refractivity contribution in [2.75, 3.05) is 0 Å². The predicted molar refractivity (Wildman–Crippen MR) is 97.6 cm³/mol. The second-order valence-electron chi connectivity index (χ2n) is 5.86. The van der Waals surface area contributed by atoms with Crippen LogP contribution < -0.4 is 21.5 Å². The molecule has 10 heteroatoms. The van der Waals surface area contributed by atoms with Crippen molar-refractivity contribution in [3.63, 3.8) is 0 Å². The molecular weight excluding hydrogens is 370 g/mol. The number of hydrazine groups is 1. The minimum atomic E-state index is -0.740. The molecule has 4 N–H and O–H groups in total. The summed E-state index contributed by atoms with van der Waals surface area (Å²) >= 11 is 1.23. The number of nitrogens with one attached hydrogen (secondary N) is 4. The molecule has 0 unspecified atom stereocenters. The lowest BCUT2D eigenvalue weighted by molar-refractivity contribution is -0.122. The lowest BCUT2D eigenvalue weighted by Gasteiger charge is -2.08. The molecule has 1 saturated heterocycles. The van der Waals surface area contributed by atoms with Crippen molar-refractivity contribution in [2.45, 2.75) is 25.8 Å². The minimum absolute atomic E-state index is 0.0322. The molecule has 27 heavy (non-hydrogen) atoms. The molecule has 0 spiro atoms. The van der Waals surface area contributed by atoms with Crippen LogP contribution in [0.2, 0.25) is 0 Å². The van der Waals surface area contributed by atoms with Gasteiger partial charge in [-0.2, -0.15) is 0 Å². The summed E-state index contributed by atoms with van der Waals surface area (Å²) in [6, 6.07) is 8.16.